The maximum absolute atomic E-state index is 13.0. The molecule has 154 valence electrons. The third-order valence-electron chi connectivity index (χ3n) is 4.65. The molecule has 1 N–H and O–H groups in total. The van der Waals surface area contributed by atoms with Crippen LogP contribution in [-0.4, -0.2) is 28.2 Å². The van der Waals surface area contributed by atoms with Crippen LogP contribution in [-0.2, 0) is 15.4 Å². The number of aromatic nitrogens is 4. The number of anilines is 1. The summed E-state index contributed by atoms with van der Waals surface area (Å²) in [4.78, 5) is 8.70. The van der Waals surface area contributed by atoms with Gasteiger partial charge in [0, 0.05) is 12.4 Å². The molecule has 1 aromatic carbocycles. The average Bonchev–Trinajstić information content (AvgIpc) is 3.11. The summed E-state index contributed by atoms with van der Waals surface area (Å²) in [5.74, 6) is 0.303. The Morgan fingerprint density at radius 2 is 1.77 bits per heavy atom. The van der Waals surface area contributed by atoms with E-state index in [-0.39, 0.29) is 16.0 Å². The van der Waals surface area contributed by atoms with Gasteiger partial charge >= 0.3 is 0 Å². The van der Waals surface area contributed by atoms with E-state index in [4.69, 9.17) is 11.6 Å². The quantitative estimate of drug-likeness (QED) is 0.501. The maximum atomic E-state index is 13.0. The topological polar surface area (TPSA) is 89.8 Å². The molecule has 9 heteroatoms. The lowest BCUT2D eigenvalue weighted by atomic mass is 9.87. The highest BCUT2D eigenvalue weighted by molar-refractivity contribution is 7.92. The van der Waals surface area contributed by atoms with Crippen molar-refractivity contribution in [3.63, 3.8) is 0 Å². The molecule has 4 rings (SSSR count). The van der Waals surface area contributed by atoms with E-state index in [9.17, 15) is 8.42 Å². The summed E-state index contributed by atoms with van der Waals surface area (Å²) in [5, 5.41) is 4.61. The number of nitrogens with zero attached hydrogens (tertiary/aromatic N) is 4. The van der Waals surface area contributed by atoms with Crippen LogP contribution in [0.15, 0.2) is 66.0 Å². The first-order valence-corrected chi connectivity index (χ1v) is 11.1. The molecule has 0 amide bonds. The number of pyridine rings is 2. The summed E-state index contributed by atoms with van der Waals surface area (Å²) in [6, 6.07) is 11.9. The van der Waals surface area contributed by atoms with Gasteiger partial charge in [0.05, 0.1) is 27.3 Å². The van der Waals surface area contributed by atoms with Gasteiger partial charge in [-0.2, -0.15) is 5.10 Å². The van der Waals surface area contributed by atoms with Crippen molar-refractivity contribution in [3.8, 4) is 5.82 Å². The van der Waals surface area contributed by atoms with Crippen LogP contribution in [0, 0.1) is 0 Å². The first kappa shape index (κ1) is 20.3. The molecule has 0 aliphatic carbocycles. The number of halogens is 1. The summed E-state index contributed by atoms with van der Waals surface area (Å²) in [6.45, 7) is 6.21. The summed E-state index contributed by atoms with van der Waals surface area (Å²) in [5.41, 5.74) is 2.55. The Kier molecular flexibility index (Phi) is 4.99. The molecule has 0 radical (unpaired) electrons. The molecule has 0 aliphatic rings. The number of benzene rings is 1. The van der Waals surface area contributed by atoms with E-state index < -0.39 is 10.0 Å². The number of hydrogen-bond donors (Lipinski definition) is 1. The van der Waals surface area contributed by atoms with Gasteiger partial charge in [-0.15, -0.1) is 0 Å². The fourth-order valence-corrected chi connectivity index (χ4v) is 4.25. The highest BCUT2D eigenvalue weighted by atomic mass is 35.5. The molecule has 0 aliphatic heterocycles. The van der Waals surface area contributed by atoms with Crippen LogP contribution < -0.4 is 4.72 Å². The van der Waals surface area contributed by atoms with E-state index >= 15 is 0 Å². The Balaban J connectivity index is 1.75. The number of fused-ring (bicyclic) bond motifs is 1. The van der Waals surface area contributed by atoms with E-state index in [1.807, 2.05) is 18.2 Å². The zero-order chi connectivity index (χ0) is 21.5. The van der Waals surface area contributed by atoms with Gasteiger partial charge < -0.3 is 0 Å². The smallest absolute Gasteiger partial charge is 0.262 e. The molecular weight excluding hydrogens is 422 g/mol. The second kappa shape index (κ2) is 7.37. The fraction of sp³-hybridized carbons (Fsp3) is 0.190. The van der Waals surface area contributed by atoms with Gasteiger partial charge in [0.25, 0.3) is 10.0 Å². The SMILES string of the molecule is CC(C)(C)c1ccc(S(=O)(=O)Nc2cc(Cl)cnc2-n2ncc3ncccc32)cc1. The molecule has 30 heavy (non-hydrogen) atoms. The lowest BCUT2D eigenvalue weighted by Crippen LogP contribution is -2.17. The average molecular weight is 442 g/mol. The van der Waals surface area contributed by atoms with Crippen molar-refractivity contribution in [3.05, 3.63) is 71.6 Å². The van der Waals surface area contributed by atoms with Gasteiger partial charge in [-0.05, 0) is 41.3 Å². The van der Waals surface area contributed by atoms with Crippen molar-refractivity contribution in [2.45, 2.75) is 31.1 Å². The monoisotopic (exact) mass is 441 g/mol. The summed E-state index contributed by atoms with van der Waals surface area (Å²) in [7, 11) is -3.86. The van der Waals surface area contributed by atoms with Gasteiger partial charge in [0.2, 0.25) is 0 Å². The molecule has 4 aromatic rings. The molecule has 0 fully saturated rings. The van der Waals surface area contributed by atoms with Gasteiger partial charge in [-0.25, -0.2) is 18.1 Å². The lowest BCUT2D eigenvalue weighted by Gasteiger charge is -2.19. The maximum Gasteiger partial charge on any atom is 0.262 e. The predicted molar refractivity (Wildman–Crippen MR) is 118 cm³/mol. The van der Waals surface area contributed by atoms with E-state index in [2.05, 4.69) is 40.6 Å². The number of hydrogen-bond acceptors (Lipinski definition) is 5. The van der Waals surface area contributed by atoms with Crippen molar-refractivity contribution in [1.29, 1.82) is 0 Å². The Bertz CT molecular complexity index is 1330. The van der Waals surface area contributed by atoms with Gasteiger partial charge in [0.1, 0.15) is 5.52 Å². The Morgan fingerprint density at radius 3 is 2.47 bits per heavy atom. The standard InChI is InChI=1S/C21H20ClN5O2S/c1-21(2,3)14-6-8-16(9-7-14)30(28,29)26-17-11-15(22)12-24-20(17)27-19-5-4-10-23-18(19)13-25-27/h4-13,26H,1-3H3. The van der Waals surface area contributed by atoms with Crippen molar-refractivity contribution in [1.82, 2.24) is 19.7 Å². The Morgan fingerprint density at radius 1 is 1.03 bits per heavy atom. The third-order valence-corrected chi connectivity index (χ3v) is 6.24. The van der Waals surface area contributed by atoms with Crippen LogP contribution in [0.1, 0.15) is 26.3 Å². The third kappa shape index (κ3) is 3.88. The molecule has 0 spiro atoms. The van der Waals surface area contributed by atoms with E-state index in [0.717, 1.165) is 5.56 Å². The molecule has 3 heterocycles. The number of nitrogens with one attached hydrogen (secondary N) is 1. The summed E-state index contributed by atoms with van der Waals surface area (Å²) in [6.07, 6.45) is 4.69. The van der Waals surface area contributed by atoms with Crippen LogP contribution in [0.4, 0.5) is 5.69 Å². The minimum absolute atomic E-state index is 0.0745. The van der Waals surface area contributed by atoms with E-state index in [1.165, 1.54) is 16.9 Å². The van der Waals surface area contributed by atoms with Gasteiger partial charge in [-0.3, -0.25) is 9.71 Å². The van der Waals surface area contributed by atoms with Crippen LogP contribution in [0.5, 0.6) is 0 Å². The van der Waals surface area contributed by atoms with Gasteiger partial charge in [0.15, 0.2) is 5.82 Å². The van der Waals surface area contributed by atoms with Crippen molar-refractivity contribution in [2.75, 3.05) is 4.72 Å². The molecule has 0 saturated carbocycles. The highest BCUT2D eigenvalue weighted by Crippen LogP contribution is 2.28. The zero-order valence-corrected chi connectivity index (χ0v) is 18.2. The molecule has 3 aromatic heterocycles. The first-order chi connectivity index (χ1) is 14.1. The first-order valence-electron chi connectivity index (χ1n) is 9.23. The largest absolute Gasteiger partial charge is 0.276 e. The summed E-state index contributed by atoms with van der Waals surface area (Å²) < 4.78 is 30.2. The molecule has 0 bridgehead atoms. The second-order valence-corrected chi connectivity index (χ2v) is 9.99. The minimum atomic E-state index is -3.86. The molecule has 0 unspecified atom stereocenters. The second-order valence-electron chi connectivity index (χ2n) is 7.87. The van der Waals surface area contributed by atoms with Crippen LogP contribution in [0.3, 0.4) is 0 Å². The van der Waals surface area contributed by atoms with Crippen LogP contribution >= 0.6 is 11.6 Å². The van der Waals surface area contributed by atoms with E-state index in [0.29, 0.717) is 21.9 Å². The van der Waals surface area contributed by atoms with E-state index in [1.54, 1.807) is 30.6 Å². The molecular formula is C21H20ClN5O2S. The van der Waals surface area contributed by atoms with Crippen molar-refractivity contribution < 1.29 is 8.42 Å². The van der Waals surface area contributed by atoms with Crippen molar-refractivity contribution in [2.24, 2.45) is 0 Å². The predicted octanol–water partition coefficient (Wildman–Crippen LogP) is 4.57. The normalized spacial score (nSPS) is 12.3. The Labute approximate surface area is 179 Å². The highest BCUT2D eigenvalue weighted by Gasteiger charge is 2.21. The zero-order valence-electron chi connectivity index (χ0n) is 16.7. The molecule has 0 atom stereocenters. The Hall–Kier alpha value is -2.97. The lowest BCUT2D eigenvalue weighted by molar-refractivity contribution is 0.587. The molecule has 7 nitrogen and oxygen atoms in total. The van der Waals surface area contributed by atoms with Crippen LogP contribution in [0.2, 0.25) is 5.02 Å². The fourth-order valence-electron chi connectivity index (χ4n) is 3.04. The molecule has 0 saturated heterocycles. The van der Waals surface area contributed by atoms with Crippen LogP contribution in [0.25, 0.3) is 16.9 Å². The summed E-state index contributed by atoms with van der Waals surface area (Å²) >= 11 is 6.10. The number of rotatable bonds is 4. The minimum Gasteiger partial charge on any atom is -0.276 e. The van der Waals surface area contributed by atoms with Crippen molar-refractivity contribution >= 4 is 38.3 Å². The number of sulfonamides is 1. The van der Waals surface area contributed by atoms with Gasteiger partial charge in [-0.1, -0.05) is 44.5 Å².